The summed E-state index contributed by atoms with van der Waals surface area (Å²) in [6, 6.07) is 9.50. The van der Waals surface area contributed by atoms with Crippen molar-refractivity contribution < 1.29 is 10.2 Å². The Labute approximate surface area is 144 Å². The Kier molecular flexibility index (Phi) is 4.08. The molecule has 2 atom stereocenters. The average molecular weight is 341 g/mol. The second-order valence-corrected chi connectivity index (χ2v) is 7.15. The van der Waals surface area contributed by atoms with Gasteiger partial charge < -0.3 is 15.5 Å². The molecule has 1 aliphatic carbocycles. The molecule has 0 bridgehead atoms. The molecule has 24 heavy (non-hydrogen) atoms. The van der Waals surface area contributed by atoms with Crippen molar-refractivity contribution in [1.29, 1.82) is 0 Å². The molecule has 2 heterocycles. The van der Waals surface area contributed by atoms with Crippen LogP contribution in [0.3, 0.4) is 0 Å². The minimum Gasteiger partial charge on any atom is -0.507 e. The van der Waals surface area contributed by atoms with Crippen molar-refractivity contribution in [2.24, 2.45) is 0 Å². The predicted molar refractivity (Wildman–Crippen MR) is 96.4 cm³/mol. The van der Waals surface area contributed by atoms with E-state index in [1.54, 1.807) is 11.3 Å². The van der Waals surface area contributed by atoms with Crippen LogP contribution in [0.25, 0.3) is 21.3 Å². The number of phenols is 1. The molecule has 1 saturated carbocycles. The summed E-state index contributed by atoms with van der Waals surface area (Å²) in [5, 5.41) is 35.0. The molecule has 1 aromatic carbocycles. The second kappa shape index (κ2) is 6.37. The Hall–Kier alpha value is -2.18. The normalized spacial score (nSPS) is 21.0. The number of nitrogens with zero attached hydrogens (tertiary/aromatic N) is 2. The van der Waals surface area contributed by atoms with Gasteiger partial charge in [0.25, 0.3) is 0 Å². The highest BCUT2D eigenvalue weighted by Gasteiger charge is 2.23. The lowest BCUT2D eigenvalue weighted by atomic mass is 9.92. The van der Waals surface area contributed by atoms with Gasteiger partial charge in [-0.1, -0.05) is 12.8 Å². The number of benzene rings is 1. The van der Waals surface area contributed by atoms with E-state index in [-0.39, 0.29) is 17.9 Å². The summed E-state index contributed by atoms with van der Waals surface area (Å²) in [5.74, 6) is 0.896. The molecule has 5 nitrogen and oxygen atoms in total. The number of aromatic hydroxyl groups is 1. The molecule has 3 aromatic rings. The van der Waals surface area contributed by atoms with Crippen LogP contribution < -0.4 is 5.32 Å². The Morgan fingerprint density at radius 3 is 2.71 bits per heavy atom. The maximum Gasteiger partial charge on any atom is 0.148 e. The third-order valence-corrected chi connectivity index (χ3v) is 5.49. The molecule has 4 rings (SSSR count). The monoisotopic (exact) mass is 341 g/mol. The molecule has 3 N–H and O–H groups in total. The summed E-state index contributed by atoms with van der Waals surface area (Å²) >= 11 is 1.60. The number of fused-ring (bicyclic) bond motifs is 1. The SMILES string of the molecule is Oc1c(-c2ccc(N[C@H]3CCCC[C@H]3O)nn2)ccc2sccc12. The largest absolute Gasteiger partial charge is 0.507 e. The molecule has 1 aliphatic rings. The van der Waals surface area contributed by atoms with Gasteiger partial charge in [0, 0.05) is 15.6 Å². The first kappa shape index (κ1) is 15.4. The Morgan fingerprint density at radius 1 is 1.04 bits per heavy atom. The summed E-state index contributed by atoms with van der Waals surface area (Å²) < 4.78 is 1.05. The van der Waals surface area contributed by atoms with E-state index in [0.29, 0.717) is 17.1 Å². The zero-order chi connectivity index (χ0) is 16.5. The van der Waals surface area contributed by atoms with Crippen molar-refractivity contribution in [2.75, 3.05) is 5.32 Å². The first-order chi connectivity index (χ1) is 11.7. The maximum atomic E-state index is 10.4. The molecule has 6 heteroatoms. The van der Waals surface area contributed by atoms with Gasteiger partial charge in [0.1, 0.15) is 11.6 Å². The van der Waals surface area contributed by atoms with E-state index < -0.39 is 0 Å². The second-order valence-electron chi connectivity index (χ2n) is 6.20. The quantitative estimate of drug-likeness (QED) is 0.676. The highest BCUT2D eigenvalue weighted by atomic mass is 32.1. The van der Waals surface area contributed by atoms with Crippen molar-refractivity contribution in [3.8, 4) is 17.0 Å². The topological polar surface area (TPSA) is 78.3 Å². The molecule has 0 amide bonds. The van der Waals surface area contributed by atoms with Crippen LogP contribution in [0.15, 0.2) is 35.7 Å². The Morgan fingerprint density at radius 2 is 1.92 bits per heavy atom. The predicted octanol–water partition coefficient (Wildman–Crippen LogP) is 3.78. The lowest BCUT2D eigenvalue weighted by Crippen LogP contribution is -2.36. The molecule has 0 unspecified atom stereocenters. The fraction of sp³-hybridized carbons (Fsp3) is 0.333. The van der Waals surface area contributed by atoms with Gasteiger partial charge in [0.2, 0.25) is 0 Å². The van der Waals surface area contributed by atoms with Gasteiger partial charge in [-0.3, -0.25) is 0 Å². The molecular formula is C18H19N3O2S. The summed E-state index contributed by atoms with van der Waals surface area (Å²) in [5.41, 5.74) is 1.31. The molecule has 2 aromatic heterocycles. The standard InChI is InChI=1S/C18H19N3O2S/c22-15-4-2-1-3-14(15)19-17-8-6-13(20-21-17)11-5-7-16-12(18(11)23)9-10-24-16/h5-10,14-15,22-23H,1-4H2,(H,19,21)/t14-,15+/m0/s1. The van der Waals surface area contributed by atoms with Gasteiger partial charge in [-0.05, 0) is 48.6 Å². The van der Waals surface area contributed by atoms with Crippen LogP contribution in [-0.4, -0.2) is 32.6 Å². The molecule has 0 spiro atoms. The highest BCUT2D eigenvalue weighted by molar-refractivity contribution is 7.17. The van der Waals surface area contributed by atoms with Gasteiger partial charge in [-0.2, -0.15) is 0 Å². The molecule has 1 fully saturated rings. The number of hydrogen-bond acceptors (Lipinski definition) is 6. The van der Waals surface area contributed by atoms with E-state index in [9.17, 15) is 10.2 Å². The summed E-state index contributed by atoms with van der Waals surface area (Å²) in [6.45, 7) is 0. The minimum atomic E-state index is -0.328. The molecule has 0 radical (unpaired) electrons. The van der Waals surface area contributed by atoms with Gasteiger partial charge in [-0.15, -0.1) is 21.5 Å². The van der Waals surface area contributed by atoms with Crippen molar-refractivity contribution in [3.63, 3.8) is 0 Å². The number of phenolic OH excluding ortho intramolecular Hbond substituents is 1. The van der Waals surface area contributed by atoms with Crippen LogP contribution in [0, 0.1) is 0 Å². The van der Waals surface area contributed by atoms with Crippen molar-refractivity contribution >= 4 is 27.2 Å². The number of aliphatic hydroxyl groups is 1. The zero-order valence-electron chi connectivity index (χ0n) is 13.1. The van der Waals surface area contributed by atoms with Crippen molar-refractivity contribution in [2.45, 2.75) is 37.8 Å². The molecule has 0 aliphatic heterocycles. The van der Waals surface area contributed by atoms with E-state index in [0.717, 1.165) is 35.8 Å². The Balaban J connectivity index is 1.57. The van der Waals surface area contributed by atoms with Crippen molar-refractivity contribution in [1.82, 2.24) is 10.2 Å². The lowest BCUT2D eigenvalue weighted by Gasteiger charge is -2.28. The number of thiophene rings is 1. The lowest BCUT2D eigenvalue weighted by molar-refractivity contribution is 0.116. The maximum absolute atomic E-state index is 10.4. The minimum absolute atomic E-state index is 0.0365. The Bertz CT molecular complexity index is 847. The first-order valence-electron chi connectivity index (χ1n) is 8.20. The van der Waals surface area contributed by atoms with Crippen LogP contribution in [-0.2, 0) is 0 Å². The molecular weight excluding hydrogens is 322 g/mol. The number of nitrogens with one attached hydrogen (secondary N) is 1. The number of anilines is 1. The van der Waals surface area contributed by atoms with Gasteiger partial charge in [0.15, 0.2) is 0 Å². The highest BCUT2D eigenvalue weighted by Crippen LogP contribution is 2.37. The van der Waals surface area contributed by atoms with Crippen LogP contribution in [0.1, 0.15) is 25.7 Å². The summed E-state index contributed by atoms with van der Waals surface area (Å²) in [7, 11) is 0. The van der Waals surface area contributed by atoms with Crippen LogP contribution >= 0.6 is 11.3 Å². The van der Waals surface area contributed by atoms with Crippen LogP contribution in [0.4, 0.5) is 5.82 Å². The number of aliphatic hydroxyl groups excluding tert-OH is 1. The number of rotatable bonds is 3. The number of aromatic nitrogens is 2. The van der Waals surface area contributed by atoms with Gasteiger partial charge in [-0.25, -0.2) is 0 Å². The van der Waals surface area contributed by atoms with E-state index in [2.05, 4.69) is 15.5 Å². The summed E-state index contributed by atoms with van der Waals surface area (Å²) in [6.07, 6.45) is 3.64. The average Bonchev–Trinajstić information content (AvgIpc) is 3.08. The third kappa shape index (κ3) is 2.83. The van der Waals surface area contributed by atoms with E-state index in [4.69, 9.17) is 0 Å². The summed E-state index contributed by atoms with van der Waals surface area (Å²) in [4.78, 5) is 0. The smallest absolute Gasteiger partial charge is 0.148 e. The van der Waals surface area contributed by atoms with Crippen LogP contribution in [0.5, 0.6) is 5.75 Å². The fourth-order valence-corrected chi connectivity index (χ4v) is 4.05. The van der Waals surface area contributed by atoms with Crippen LogP contribution in [0.2, 0.25) is 0 Å². The van der Waals surface area contributed by atoms with Crippen molar-refractivity contribution in [3.05, 3.63) is 35.7 Å². The zero-order valence-corrected chi connectivity index (χ0v) is 14.0. The van der Waals surface area contributed by atoms with E-state index >= 15 is 0 Å². The molecule has 124 valence electrons. The number of hydrogen-bond donors (Lipinski definition) is 3. The fourth-order valence-electron chi connectivity index (χ4n) is 3.26. The third-order valence-electron chi connectivity index (χ3n) is 4.61. The van der Waals surface area contributed by atoms with E-state index in [1.165, 1.54) is 0 Å². The first-order valence-corrected chi connectivity index (χ1v) is 9.08. The van der Waals surface area contributed by atoms with E-state index in [1.807, 2.05) is 35.7 Å². The van der Waals surface area contributed by atoms with Gasteiger partial charge in [0.05, 0.1) is 17.8 Å². The molecule has 0 saturated heterocycles. The van der Waals surface area contributed by atoms with Gasteiger partial charge >= 0.3 is 0 Å².